The Kier molecular flexibility index (Phi) is 11.4. The highest BCUT2D eigenvalue weighted by Gasteiger charge is 2.40. The lowest BCUT2D eigenvalue weighted by atomic mass is 9.37. The van der Waals surface area contributed by atoms with Gasteiger partial charge in [0.2, 0.25) is 0 Å². The normalized spacial score (nSPS) is 15.0. The van der Waals surface area contributed by atoms with Crippen molar-refractivity contribution in [3.8, 4) is 0 Å². The third-order valence-electron chi connectivity index (χ3n) is 10.0. The summed E-state index contributed by atoms with van der Waals surface area (Å²) in [4.78, 5) is 1.59. The molecule has 0 amide bonds. The minimum atomic E-state index is -1.45. The van der Waals surface area contributed by atoms with Crippen LogP contribution in [0.1, 0.15) is 91.1 Å². The van der Waals surface area contributed by atoms with Crippen LogP contribution in [0, 0.1) is 61.3 Å². The number of aryl methyl sites for hydroxylation is 6. The molecule has 1 heterocycles. The van der Waals surface area contributed by atoms with Gasteiger partial charge in [0, 0.05) is 14.4 Å². The number of allylic oxidation sites excluding steroid dienone is 2. The summed E-state index contributed by atoms with van der Waals surface area (Å²) in [5.41, 5.74) is 16.8. The molecular weight excluding hydrogens is 591 g/mol. The molecule has 0 bridgehead atoms. The Morgan fingerprint density at radius 3 is 2.09 bits per heavy atom. The van der Waals surface area contributed by atoms with Crippen LogP contribution in [0.5, 0.6) is 0 Å². The maximum Gasteiger partial charge on any atom is 0.255 e. The molecule has 3 heteroatoms. The SMILES string of the molecule is CC=Cc1cc(C)cc(C)c1B(c1ccc(S(C)(c2c(C)cc(C)c(C)c2C)C(/C(C)=C\CC)C(C)C)s1)c1ccc(C)cc1C. The minimum absolute atomic E-state index is 0.168. The first-order valence-corrected chi connectivity index (χ1v) is 20.0. The van der Waals surface area contributed by atoms with Gasteiger partial charge >= 0.3 is 0 Å². The van der Waals surface area contributed by atoms with Crippen LogP contribution in [0.25, 0.3) is 6.08 Å². The zero-order valence-corrected chi connectivity index (χ0v) is 32.7. The fraction of sp³-hybridized carbons (Fsp3) is 0.395. The molecule has 0 nitrogen and oxygen atoms in total. The lowest BCUT2D eigenvalue weighted by molar-refractivity contribution is 0.648. The van der Waals surface area contributed by atoms with Crippen molar-refractivity contribution in [2.75, 3.05) is 6.26 Å². The van der Waals surface area contributed by atoms with Crippen molar-refractivity contribution in [1.82, 2.24) is 0 Å². The maximum atomic E-state index is 2.64. The predicted molar refractivity (Wildman–Crippen MR) is 214 cm³/mol. The van der Waals surface area contributed by atoms with Gasteiger partial charge in [-0.1, -0.05) is 120 Å². The van der Waals surface area contributed by atoms with E-state index in [4.69, 9.17) is 0 Å². The smallest absolute Gasteiger partial charge is 0.174 e. The van der Waals surface area contributed by atoms with Gasteiger partial charge in [-0.15, -0.1) is 11.3 Å². The van der Waals surface area contributed by atoms with Crippen molar-refractivity contribution >= 4 is 49.9 Å². The van der Waals surface area contributed by atoms with E-state index >= 15 is 0 Å². The summed E-state index contributed by atoms with van der Waals surface area (Å²) in [5, 5.41) is 0.456. The van der Waals surface area contributed by atoms with Crippen LogP contribution in [0.2, 0.25) is 0 Å². The molecule has 0 aliphatic rings. The predicted octanol–water partition coefficient (Wildman–Crippen LogP) is 11.0. The van der Waals surface area contributed by atoms with Crippen LogP contribution < -0.4 is 15.7 Å². The Morgan fingerprint density at radius 1 is 0.804 bits per heavy atom. The minimum Gasteiger partial charge on any atom is -0.174 e. The molecule has 0 aliphatic carbocycles. The van der Waals surface area contributed by atoms with Gasteiger partial charge in [-0.25, -0.2) is 0 Å². The molecule has 0 radical (unpaired) electrons. The Labute approximate surface area is 287 Å². The summed E-state index contributed by atoms with van der Waals surface area (Å²) in [5.74, 6) is 0.518. The highest BCUT2D eigenvalue weighted by Crippen LogP contribution is 2.69. The fourth-order valence-corrected chi connectivity index (χ4v) is 15.1. The Bertz CT molecular complexity index is 1780. The van der Waals surface area contributed by atoms with Crippen LogP contribution in [-0.2, 0) is 0 Å². The lowest BCUT2D eigenvalue weighted by Gasteiger charge is -2.48. The second-order valence-corrected chi connectivity index (χ2v) is 18.8. The van der Waals surface area contributed by atoms with Gasteiger partial charge in [0.25, 0.3) is 6.71 Å². The quantitative estimate of drug-likeness (QED) is 0.119. The molecule has 244 valence electrons. The van der Waals surface area contributed by atoms with Crippen molar-refractivity contribution in [2.24, 2.45) is 5.92 Å². The first-order valence-electron chi connectivity index (χ1n) is 17.1. The van der Waals surface area contributed by atoms with Crippen LogP contribution in [0.15, 0.2) is 75.4 Å². The Balaban J connectivity index is 2.11. The Hall–Kier alpha value is -2.75. The second-order valence-electron chi connectivity index (χ2n) is 14.1. The molecule has 0 N–H and O–H groups in total. The van der Waals surface area contributed by atoms with E-state index in [0.29, 0.717) is 11.2 Å². The molecule has 46 heavy (non-hydrogen) atoms. The largest absolute Gasteiger partial charge is 0.255 e. The molecule has 2 atom stereocenters. The molecule has 0 spiro atoms. The van der Waals surface area contributed by atoms with Crippen molar-refractivity contribution in [2.45, 2.75) is 111 Å². The number of thiophene rings is 1. The van der Waals surface area contributed by atoms with E-state index < -0.39 is 10.0 Å². The van der Waals surface area contributed by atoms with E-state index in [0.717, 1.165) is 6.42 Å². The van der Waals surface area contributed by atoms with Gasteiger partial charge < -0.3 is 0 Å². The van der Waals surface area contributed by atoms with E-state index in [1.165, 1.54) is 71.3 Å². The molecule has 0 saturated carbocycles. The summed E-state index contributed by atoms with van der Waals surface area (Å²) < 4.78 is 2.99. The zero-order chi connectivity index (χ0) is 34.1. The van der Waals surface area contributed by atoms with Crippen LogP contribution in [0.4, 0.5) is 0 Å². The third-order valence-corrected chi connectivity index (χ3v) is 16.7. The average Bonchev–Trinajstić information content (AvgIpc) is 3.45. The number of rotatable bonds is 10. The first-order chi connectivity index (χ1) is 21.7. The monoisotopic (exact) mass is 648 g/mol. The van der Waals surface area contributed by atoms with Gasteiger partial charge in [0.05, 0.1) is 0 Å². The van der Waals surface area contributed by atoms with Crippen molar-refractivity contribution in [3.05, 3.63) is 116 Å². The number of hydrogen-bond donors (Lipinski definition) is 0. The van der Waals surface area contributed by atoms with Crippen LogP contribution >= 0.6 is 21.4 Å². The van der Waals surface area contributed by atoms with Gasteiger partial charge in [0.1, 0.15) is 0 Å². The van der Waals surface area contributed by atoms with Gasteiger partial charge in [-0.05, 0) is 126 Å². The molecule has 1 aromatic heterocycles. The van der Waals surface area contributed by atoms with E-state index in [1.54, 1.807) is 9.10 Å². The molecule has 4 rings (SSSR count). The molecule has 0 fully saturated rings. The Morgan fingerprint density at radius 2 is 1.48 bits per heavy atom. The topological polar surface area (TPSA) is 0 Å². The first kappa shape index (κ1) is 36.1. The van der Waals surface area contributed by atoms with Gasteiger partial charge in [-0.3, -0.25) is 0 Å². The molecule has 3 aromatic carbocycles. The van der Waals surface area contributed by atoms with E-state index in [-0.39, 0.29) is 6.71 Å². The highest BCUT2D eigenvalue weighted by molar-refractivity contribution is 8.35. The summed E-state index contributed by atoms with van der Waals surface area (Å²) in [6.45, 7) is 30.3. The average molecular weight is 649 g/mol. The number of benzene rings is 3. The molecule has 0 saturated heterocycles. The van der Waals surface area contributed by atoms with Crippen LogP contribution in [-0.4, -0.2) is 18.2 Å². The van der Waals surface area contributed by atoms with Crippen molar-refractivity contribution < 1.29 is 0 Å². The second kappa shape index (κ2) is 14.6. The molecular formula is C43H57BS2. The van der Waals surface area contributed by atoms with E-state index in [2.05, 4.69) is 174 Å². The third kappa shape index (κ3) is 6.79. The number of hydrogen-bond acceptors (Lipinski definition) is 1. The maximum absolute atomic E-state index is 2.64. The molecule has 2 unspecified atom stereocenters. The molecule has 0 aliphatic heterocycles. The molecule has 4 aromatic rings. The van der Waals surface area contributed by atoms with E-state index in [1.807, 2.05) is 0 Å². The summed E-state index contributed by atoms with van der Waals surface area (Å²) in [6.07, 6.45) is 10.7. The lowest BCUT2D eigenvalue weighted by Crippen LogP contribution is -2.53. The van der Waals surface area contributed by atoms with Gasteiger partial charge in [0.15, 0.2) is 0 Å². The summed E-state index contributed by atoms with van der Waals surface area (Å²) in [7, 11) is -1.45. The van der Waals surface area contributed by atoms with Gasteiger partial charge in [-0.2, -0.15) is 10.0 Å². The summed E-state index contributed by atoms with van der Waals surface area (Å²) >= 11 is 2.08. The standard InChI is InChI=1S/C43H57BS2/c1-15-17-30(7)42(27(3)4)46(14,43-34(11)26-31(8)35(12)36(43)13)40-22-21-39(45-40)44(38-20-19-28(5)23-32(38)9)41-33(10)24-29(6)25-37(41)18-16-2/h16-27,42H,15H2,1-14H3/b18-16?,30-17-. The van der Waals surface area contributed by atoms with Crippen LogP contribution in [0.3, 0.4) is 0 Å². The highest BCUT2D eigenvalue weighted by atomic mass is 32.3. The van der Waals surface area contributed by atoms with Crippen molar-refractivity contribution in [1.29, 1.82) is 0 Å². The zero-order valence-electron chi connectivity index (χ0n) is 31.1. The van der Waals surface area contributed by atoms with Crippen molar-refractivity contribution in [3.63, 3.8) is 0 Å². The fourth-order valence-electron chi connectivity index (χ4n) is 8.19. The van der Waals surface area contributed by atoms with E-state index in [9.17, 15) is 0 Å². The summed E-state index contributed by atoms with van der Waals surface area (Å²) in [6, 6.07) is 19.3.